The van der Waals surface area contributed by atoms with E-state index in [1.165, 1.54) is 12.8 Å². The normalized spacial score (nSPS) is 23.6. The molecular weight excluding hydrogens is 234 g/mol. The van der Waals surface area contributed by atoms with Crippen LogP contribution in [0, 0.1) is 5.92 Å². The molecule has 2 rings (SSSR count). The highest BCUT2D eigenvalue weighted by atomic mass is 35.5. The summed E-state index contributed by atoms with van der Waals surface area (Å²) in [5.41, 5.74) is 7.15. The molecule has 3 nitrogen and oxygen atoms in total. The molecule has 17 heavy (non-hydrogen) atoms. The fourth-order valence-electron chi connectivity index (χ4n) is 2.44. The number of hydrogen-bond acceptors (Lipinski definition) is 3. The predicted molar refractivity (Wildman–Crippen MR) is 70.9 cm³/mol. The van der Waals surface area contributed by atoms with Crippen molar-refractivity contribution in [3.05, 3.63) is 29.0 Å². The van der Waals surface area contributed by atoms with Crippen molar-refractivity contribution in [2.75, 3.05) is 13.1 Å². The van der Waals surface area contributed by atoms with Gasteiger partial charge in [0.2, 0.25) is 0 Å². The highest BCUT2D eigenvalue weighted by Crippen LogP contribution is 2.22. The van der Waals surface area contributed by atoms with Crippen molar-refractivity contribution in [3.8, 4) is 0 Å². The number of hydrogen-bond donors (Lipinski definition) is 1. The Morgan fingerprint density at radius 1 is 1.65 bits per heavy atom. The van der Waals surface area contributed by atoms with E-state index in [0.29, 0.717) is 5.92 Å². The zero-order valence-electron chi connectivity index (χ0n) is 10.3. The number of piperidine rings is 1. The van der Waals surface area contributed by atoms with Gasteiger partial charge in [-0.25, -0.2) is 0 Å². The molecule has 2 N–H and O–H groups in total. The number of nitrogens with zero attached hydrogens (tertiary/aromatic N) is 2. The van der Waals surface area contributed by atoms with Crippen LogP contribution >= 0.6 is 11.6 Å². The molecule has 1 aliphatic rings. The molecule has 0 aromatic carbocycles. The first kappa shape index (κ1) is 12.8. The van der Waals surface area contributed by atoms with Crippen molar-refractivity contribution < 1.29 is 0 Å². The van der Waals surface area contributed by atoms with Gasteiger partial charge in [-0.05, 0) is 43.9 Å². The van der Waals surface area contributed by atoms with Crippen LogP contribution in [0.3, 0.4) is 0 Å². The Morgan fingerprint density at radius 2 is 2.47 bits per heavy atom. The minimum Gasteiger partial charge on any atom is -0.328 e. The summed E-state index contributed by atoms with van der Waals surface area (Å²) in [5.74, 6) is 0.615. The average Bonchev–Trinajstić information content (AvgIpc) is 2.32. The number of halogens is 1. The van der Waals surface area contributed by atoms with Gasteiger partial charge in [0.25, 0.3) is 0 Å². The second kappa shape index (κ2) is 5.80. The van der Waals surface area contributed by atoms with Gasteiger partial charge < -0.3 is 5.73 Å². The zero-order chi connectivity index (χ0) is 12.3. The molecule has 2 heterocycles. The van der Waals surface area contributed by atoms with Gasteiger partial charge >= 0.3 is 0 Å². The van der Waals surface area contributed by atoms with Crippen LogP contribution < -0.4 is 5.73 Å². The van der Waals surface area contributed by atoms with Crippen molar-refractivity contribution >= 4 is 11.6 Å². The first-order chi connectivity index (χ1) is 8.16. The van der Waals surface area contributed by atoms with Crippen LogP contribution in [0.4, 0.5) is 0 Å². The van der Waals surface area contributed by atoms with Crippen LogP contribution in [0.1, 0.15) is 25.3 Å². The van der Waals surface area contributed by atoms with Crippen LogP contribution in [-0.4, -0.2) is 29.0 Å². The zero-order valence-corrected chi connectivity index (χ0v) is 11.0. The number of nitrogens with two attached hydrogens (primary N) is 1. The molecule has 4 heteroatoms. The van der Waals surface area contributed by atoms with E-state index in [0.717, 1.165) is 30.2 Å². The molecular formula is C13H20ClN3. The summed E-state index contributed by atoms with van der Waals surface area (Å²) >= 11 is 6.13. The van der Waals surface area contributed by atoms with Gasteiger partial charge in [0, 0.05) is 31.5 Å². The summed E-state index contributed by atoms with van der Waals surface area (Å²) in [4.78, 5) is 6.45. The molecule has 0 amide bonds. The number of aromatic nitrogens is 1. The SMILES string of the molecule is CC(N)C1CCCN(Cc2ccncc2Cl)C1. The van der Waals surface area contributed by atoms with E-state index in [1.807, 2.05) is 6.07 Å². The molecule has 1 aliphatic heterocycles. The number of rotatable bonds is 3. The van der Waals surface area contributed by atoms with Crippen LogP contribution in [0.2, 0.25) is 5.02 Å². The van der Waals surface area contributed by atoms with Gasteiger partial charge in [-0.3, -0.25) is 9.88 Å². The van der Waals surface area contributed by atoms with Crippen LogP contribution in [-0.2, 0) is 6.54 Å². The van der Waals surface area contributed by atoms with Crippen molar-refractivity contribution in [1.29, 1.82) is 0 Å². The predicted octanol–water partition coefficient (Wildman–Crippen LogP) is 2.29. The lowest BCUT2D eigenvalue weighted by molar-refractivity contribution is 0.154. The van der Waals surface area contributed by atoms with E-state index in [1.54, 1.807) is 12.4 Å². The van der Waals surface area contributed by atoms with Crippen LogP contribution in [0.25, 0.3) is 0 Å². The first-order valence-corrected chi connectivity index (χ1v) is 6.61. The standard InChI is InChI=1S/C13H20ClN3/c1-10(15)11-3-2-6-17(8-11)9-12-4-5-16-7-13(12)14/h4-5,7,10-11H,2-3,6,8-9,15H2,1H3. The first-order valence-electron chi connectivity index (χ1n) is 6.23. The van der Waals surface area contributed by atoms with Crippen molar-refractivity contribution in [3.63, 3.8) is 0 Å². The lowest BCUT2D eigenvalue weighted by atomic mass is 9.92. The van der Waals surface area contributed by atoms with Gasteiger partial charge in [-0.15, -0.1) is 0 Å². The molecule has 0 aliphatic carbocycles. The number of likely N-dealkylation sites (tertiary alicyclic amines) is 1. The van der Waals surface area contributed by atoms with Crippen molar-refractivity contribution in [2.45, 2.75) is 32.4 Å². The smallest absolute Gasteiger partial charge is 0.0634 e. The molecule has 0 radical (unpaired) electrons. The summed E-state index contributed by atoms with van der Waals surface area (Å²) in [6.45, 7) is 5.23. The third-order valence-corrected chi connectivity index (χ3v) is 3.88. The maximum absolute atomic E-state index is 6.13. The molecule has 2 atom stereocenters. The number of pyridine rings is 1. The second-order valence-electron chi connectivity index (χ2n) is 4.96. The molecule has 2 unspecified atom stereocenters. The van der Waals surface area contributed by atoms with Crippen molar-refractivity contribution in [2.24, 2.45) is 11.7 Å². The Labute approximate surface area is 108 Å². The molecule has 0 spiro atoms. The average molecular weight is 254 g/mol. The molecule has 0 bridgehead atoms. The molecule has 1 saturated heterocycles. The van der Waals surface area contributed by atoms with Crippen LogP contribution in [0.5, 0.6) is 0 Å². The fourth-order valence-corrected chi connectivity index (χ4v) is 2.62. The molecule has 94 valence electrons. The topological polar surface area (TPSA) is 42.1 Å². The van der Waals surface area contributed by atoms with Gasteiger partial charge in [0.1, 0.15) is 0 Å². The van der Waals surface area contributed by atoms with Gasteiger partial charge in [0.05, 0.1) is 5.02 Å². The Bertz CT molecular complexity index is 367. The Morgan fingerprint density at radius 3 is 3.18 bits per heavy atom. The van der Waals surface area contributed by atoms with Crippen LogP contribution in [0.15, 0.2) is 18.5 Å². The van der Waals surface area contributed by atoms with E-state index in [-0.39, 0.29) is 6.04 Å². The van der Waals surface area contributed by atoms with E-state index in [9.17, 15) is 0 Å². The quantitative estimate of drug-likeness (QED) is 0.899. The lowest BCUT2D eigenvalue weighted by Crippen LogP contribution is -2.41. The Balaban J connectivity index is 1.97. The summed E-state index contributed by atoms with van der Waals surface area (Å²) in [5, 5.41) is 0.760. The summed E-state index contributed by atoms with van der Waals surface area (Å²) in [7, 11) is 0. The molecule has 1 aromatic heterocycles. The Kier molecular flexibility index (Phi) is 4.37. The van der Waals surface area contributed by atoms with E-state index < -0.39 is 0 Å². The van der Waals surface area contributed by atoms with E-state index >= 15 is 0 Å². The van der Waals surface area contributed by atoms with Gasteiger partial charge in [-0.1, -0.05) is 11.6 Å². The maximum Gasteiger partial charge on any atom is 0.0634 e. The summed E-state index contributed by atoms with van der Waals surface area (Å²) in [6.07, 6.45) is 5.99. The third-order valence-electron chi connectivity index (χ3n) is 3.54. The second-order valence-corrected chi connectivity index (χ2v) is 5.37. The van der Waals surface area contributed by atoms with Gasteiger partial charge in [-0.2, -0.15) is 0 Å². The summed E-state index contributed by atoms with van der Waals surface area (Å²) in [6, 6.07) is 2.28. The minimum absolute atomic E-state index is 0.283. The third kappa shape index (κ3) is 3.41. The highest BCUT2D eigenvalue weighted by Gasteiger charge is 2.22. The lowest BCUT2D eigenvalue weighted by Gasteiger charge is -2.34. The van der Waals surface area contributed by atoms with E-state index in [4.69, 9.17) is 17.3 Å². The molecule has 0 saturated carbocycles. The van der Waals surface area contributed by atoms with Gasteiger partial charge in [0.15, 0.2) is 0 Å². The highest BCUT2D eigenvalue weighted by molar-refractivity contribution is 6.31. The minimum atomic E-state index is 0.283. The Hall–Kier alpha value is -0.640. The summed E-state index contributed by atoms with van der Waals surface area (Å²) < 4.78 is 0. The molecule has 1 fully saturated rings. The fraction of sp³-hybridized carbons (Fsp3) is 0.615. The monoisotopic (exact) mass is 253 g/mol. The largest absolute Gasteiger partial charge is 0.328 e. The molecule has 1 aromatic rings. The van der Waals surface area contributed by atoms with E-state index in [2.05, 4.69) is 16.8 Å². The maximum atomic E-state index is 6.13. The van der Waals surface area contributed by atoms with Crippen molar-refractivity contribution in [1.82, 2.24) is 9.88 Å².